The highest BCUT2D eigenvalue weighted by Gasteiger charge is 2.24. The molecule has 132 valence electrons. The van der Waals surface area contributed by atoms with Crippen LogP contribution < -0.4 is 5.32 Å². The number of benzene rings is 1. The molecule has 2 amide bonds. The van der Waals surface area contributed by atoms with Crippen LogP contribution in [-0.2, 0) is 4.79 Å². The first kappa shape index (κ1) is 17.9. The SMILES string of the molecule is CNC(=O)CN1CCN(C(=O)c2ccc(-c3ccc(Cl)cc3)s2)CC1. The highest BCUT2D eigenvalue weighted by atomic mass is 35.5. The fourth-order valence-electron chi connectivity index (χ4n) is 2.77. The second-order valence-corrected chi connectivity index (χ2v) is 7.43. The molecule has 1 aromatic carbocycles. The van der Waals surface area contributed by atoms with Crippen molar-refractivity contribution in [1.29, 1.82) is 0 Å². The number of carbonyl (C=O) groups is 2. The maximum atomic E-state index is 12.7. The van der Waals surface area contributed by atoms with Crippen LogP contribution in [0.3, 0.4) is 0 Å². The summed E-state index contributed by atoms with van der Waals surface area (Å²) in [5, 5.41) is 3.33. The first-order valence-electron chi connectivity index (χ1n) is 8.15. The lowest BCUT2D eigenvalue weighted by Gasteiger charge is -2.34. The van der Waals surface area contributed by atoms with Crippen molar-refractivity contribution in [2.24, 2.45) is 0 Å². The van der Waals surface area contributed by atoms with Gasteiger partial charge in [0, 0.05) is 43.1 Å². The highest BCUT2D eigenvalue weighted by molar-refractivity contribution is 7.17. The summed E-state index contributed by atoms with van der Waals surface area (Å²) in [7, 11) is 1.64. The summed E-state index contributed by atoms with van der Waals surface area (Å²) in [5.41, 5.74) is 1.06. The van der Waals surface area contributed by atoms with Crippen molar-refractivity contribution in [2.45, 2.75) is 0 Å². The minimum absolute atomic E-state index is 0.00522. The molecule has 2 aromatic rings. The maximum absolute atomic E-state index is 12.7. The van der Waals surface area contributed by atoms with Gasteiger partial charge in [-0.05, 0) is 29.8 Å². The number of hydrogen-bond acceptors (Lipinski definition) is 4. The fraction of sp³-hybridized carbons (Fsp3) is 0.333. The third-order valence-electron chi connectivity index (χ3n) is 4.25. The minimum atomic E-state index is 0.00522. The number of halogens is 1. The van der Waals surface area contributed by atoms with E-state index in [4.69, 9.17) is 11.6 Å². The van der Waals surface area contributed by atoms with Gasteiger partial charge < -0.3 is 10.2 Å². The van der Waals surface area contributed by atoms with Crippen LogP contribution in [-0.4, -0.2) is 61.4 Å². The van der Waals surface area contributed by atoms with Gasteiger partial charge in [-0.25, -0.2) is 0 Å². The Bertz CT molecular complexity index is 752. The Kier molecular flexibility index (Phi) is 5.73. The summed E-state index contributed by atoms with van der Waals surface area (Å²) in [6.07, 6.45) is 0. The summed E-state index contributed by atoms with van der Waals surface area (Å²) >= 11 is 7.42. The first-order chi connectivity index (χ1) is 12.1. The molecule has 25 heavy (non-hydrogen) atoms. The number of thiophene rings is 1. The van der Waals surface area contributed by atoms with Crippen molar-refractivity contribution < 1.29 is 9.59 Å². The Morgan fingerprint density at radius 3 is 2.40 bits per heavy atom. The second kappa shape index (κ2) is 7.99. The zero-order chi connectivity index (χ0) is 17.8. The van der Waals surface area contributed by atoms with Crippen LogP contribution in [0.1, 0.15) is 9.67 Å². The van der Waals surface area contributed by atoms with Gasteiger partial charge in [0.2, 0.25) is 5.91 Å². The molecule has 0 radical (unpaired) electrons. The van der Waals surface area contributed by atoms with Gasteiger partial charge in [0.25, 0.3) is 5.91 Å². The Hall–Kier alpha value is -1.89. The Morgan fingerprint density at radius 2 is 1.76 bits per heavy atom. The second-order valence-electron chi connectivity index (χ2n) is 5.91. The average Bonchev–Trinajstić information content (AvgIpc) is 3.12. The van der Waals surface area contributed by atoms with Crippen molar-refractivity contribution in [3.05, 3.63) is 46.3 Å². The number of piperazine rings is 1. The number of nitrogens with zero attached hydrogens (tertiary/aromatic N) is 2. The molecule has 1 N–H and O–H groups in total. The van der Waals surface area contributed by atoms with Gasteiger partial charge in [0.1, 0.15) is 0 Å². The van der Waals surface area contributed by atoms with Crippen LogP contribution in [0, 0.1) is 0 Å². The lowest BCUT2D eigenvalue weighted by Crippen LogP contribution is -2.50. The summed E-state index contributed by atoms with van der Waals surface area (Å²) in [6.45, 7) is 3.11. The summed E-state index contributed by atoms with van der Waals surface area (Å²) in [4.78, 5) is 29.9. The van der Waals surface area contributed by atoms with E-state index < -0.39 is 0 Å². The number of hydrogen-bond donors (Lipinski definition) is 1. The number of nitrogens with one attached hydrogen (secondary N) is 1. The smallest absolute Gasteiger partial charge is 0.264 e. The molecular formula is C18H20ClN3O2S. The van der Waals surface area contributed by atoms with Crippen molar-refractivity contribution >= 4 is 34.8 Å². The predicted molar refractivity (Wildman–Crippen MR) is 101 cm³/mol. The van der Waals surface area contributed by atoms with Gasteiger partial charge in [-0.3, -0.25) is 14.5 Å². The third kappa shape index (κ3) is 4.39. The van der Waals surface area contributed by atoms with E-state index in [1.54, 1.807) is 7.05 Å². The predicted octanol–water partition coefficient (Wildman–Crippen LogP) is 2.57. The molecule has 0 aliphatic carbocycles. The molecule has 3 rings (SSSR count). The van der Waals surface area contributed by atoms with E-state index in [0.29, 0.717) is 37.7 Å². The van der Waals surface area contributed by atoms with Crippen LogP contribution in [0.2, 0.25) is 5.02 Å². The molecule has 0 unspecified atom stereocenters. The Balaban J connectivity index is 1.61. The van der Waals surface area contributed by atoms with E-state index in [1.165, 1.54) is 11.3 Å². The third-order valence-corrected chi connectivity index (χ3v) is 5.63. The molecule has 0 bridgehead atoms. The number of amides is 2. The van der Waals surface area contributed by atoms with Gasteiger partial charge in [-0.1, -0.05) is 23.7 Å². The van der Waals surface area contributed by atoms with Crippen molar-refractivity contribution in [1.82, 2.24) is 15.1 Å². The number of carbonyl (C=O) groups excluding carboxylic acids is 2. The zero-order valence-electron chi connectivity index (χ0n) is 14.0. The van der Waals surface area contributed by atoms with Crippen molar-refractivity contribution in [3.8, 4) is 10.4 Å². The monoisotopic (exact) mass is 377 g/mol. The molecule has 0 atom stereocenters. The molecule has 0 saturated carbocycles. The quantitative estimate of drug-likeness (QED) is 0.891. The van der Waals surface area contributed by atoms with Crippen LogP contribution >= 0.6 is 22.9 Å². The normalized spacial score (nSPS) is 15.2. The van der Waals surface area contributed by atoms with E-state index in [-0.39, 0.29) is 11.8 Å². The molecule has 2 heterocycles. The first-order valence-corrected chi connectivity index (χ1v) is 9.34. The van der Waals surface area contributed by atoms with Crippen molar-refractivity contribution in [3.63, 3.8) is 0 Å². The molecular weight excluding hydrogens is 358 g/mol. The molecule has 0 spiro atoms. The van der Waals surface area contributed by atoms with Gasteiger partial charge >= 0.3 is 0 Å². The van der Waals surface area contributed by atoms with Crippen molar-refractivity contribution in [2.75, 3.05) is 39.8 Å². The summed E-state index contributed by atoms with van der Waals surface area (Å²) < 4.78 is 0. The van der Waals surface area contributed by atoms with E-state index in [1.807, 2.05) is 41.3 Å². The minimum Gasteiger partial charge on any atom is -0.358 e. The topological polar surface area (TPSA) is 52.7 Å². The molecule has 5 nitrogen and oxygen atoms in total. The highest BCUT2D eigenvalue weighted by Crippen LogP contribution is 2.29. The summed E-state index contributed by atoms with van der Waals surface area (Å²) in [6, 6.07) is 11.5. The lowest BCUT2D eigenvalue weighted by molar-refractivity contribution is -0.122. The van der Waals surface area contributed by atoms with Crippen LogP contribution in [0.15, 0.2) is 36.4 Å². The molecule has 1 aliphatic rings. The Labute approximate surface area is 156 Å². The Morgan fingerprint density at radius 1 is 1.08 bits per heavy atom. The van der Waals surface area contributed by atoms with Gasteiger partial charge in [-0.2, -0.15) is 0 Å². The molecule has 1 saturated heterocycles. The van der Waals surface area contributed by atoms with Crippen LogP contribution in [0.25, 0.3) is 10.4 Å². The molecule has 1 aliphatic heterocycles. The van der Waals surface area contributed by atoms with Crippen LogP contribution in [0.4, 0.5) is 0 Å². The maximum Gasteiger partial charge on any atom is 0.264 e. The molecule has 1 fully saturated rings. The molecule has 7 heteroatoms. The van der Waals surface area contributed by atoms with E-state index in [2.05, 4.69) is 10.2 Å². The zero-order valence-corrected chi connectivity index (χ0v) is 15.6. The van der Waals surface area contributed by atoms with E-state index >= 15 is 0 Å². The van der Waals surface area contributed by atoms with Gasteiger partial charge in [-0.15, -0.1) is 11.3 Å². The summed E-state index contributed by atoms with van der Waals surface area (Å²) in [5.74, 6) is 0.0652. The standard InChI is InChI=1S/C18H20ClN3O2S/c1-20-17(23)12-21-8-10-22(11-9-21)18(24)16-7-6-15(25-16)13-2-4-14(19)5-3-13/h2-7H,8-12H2,1H3,(H,20,23). The van der Waals surface area contributed by atoms with E-state index in [0.717, 1.165) is 15.3 Å². The fourth-order valence-corrected chi connectivity index (χ4v) is 3.87. The number of rotatable bonds is 4. The van der Waals surface area contributed by atoms with E-state index in [9.17, 15) is 9.59 Å². The largest absolute Gasteiger partial charge is 0.358 e. The molecule has 1 aromatic heterocycles. The lowest BCUT2D eigenvalue weighted by atomic mass is 10.2. The number of likely N-dealkylation sites (N-methyl/N-ethyl adjacent to an activating group) is 1. The van der Waals surface area contributed by atoms with Gasteiger partial charge in [0.05, 0.1) is 11.4 Å². The average molecular weight is 378 g/mol. The van der Waals surface area contributed by atoms with Crippen LogP contribution in [0.5, 0.6) is 0 Å². The van der Waals surface area contributed by atoms with Gasteiger partial charge in [0.15, 0.2) is 0 Å².